The fourth-order valence-electron chi connectivity index (χ4n) is 4.76. The lowest BCUT2D eigenvalue weighted by molar-refractivity contribution is -0.143. The van der Waals surface area contributed by atoms with Crippen LogP contribution < -0.4 is 0 Å². The third kappa shape index (κ3) is 6.40. The second-order valence-electron chi connectivity index (χ2n) is 10.1. The molecule has 0 aliphatic carbocycles. The van der Waals surface area contributed by atoms with Crippen molar-refractivity contribution in [1.29, 1.82) is 0 Å². The maximum Gasteiger partial charge on any atom is 0.253 e. The van der Waals surface area contributed by atoms with E-state index in [1.807, 2.05) is 33.8 Å². The van der Waals surface area contributed by atoms with Crippen molar-refractivity contribution < 1.29 is 28.6 Å². The van der Waals surface area contributed by atoms with E-state index in [1.54, 1.807) is 6.08 Å². The van der Waals surface area contributed by atoms with Crippen LogP contribution in [0.1, 0.15) is 61.8 Å². The summed E-state index contributed by atoms with van der Waals surface area (Å²) in [6.45, 7) is 15.3. The van der Waals surface area contributed by atoms with E-state index >= 15 is 0 Å². The Bertz CT molecular complexity index is 835. The van der Waals surface area contributed by atoms with Crippen molar-refractivity contribution in [2.45, 2.75) is 104 Å². The summed E-state index contributed by atoms with van der Waals surface area (Å²) in [5.74, 6) is -0.376. The third-order valence-electron chi connectivity index (χ3n) is 7.43. The normalized spacial score (nSPS) is 34.4. The maximum atomic E-state index is 13.1. The number of epoxide rings is 3. The highest BCUT2D eigenvalue weighted by molar-refractivity contribution is 6.02. The van der Waals surface area contributed by atoms with Gasteiger partial charge in [0.1, 0.15) is 6.10 Å². The summed E-state index contributed by atoms with van der Waals surface area (Å²) in [6, 6.07) is -0.362. The van der Waals surface area contributed by atoms with Crippen LogP contribution in [0.15, 0.2) is 23.8 Å². The number of amides is 2. The first-order valence-corrected chi connectivity index (χ1v) is 12.1. The standard InChI is InChI=1S/C26H39NO6/c1-13(14(2)24-17(5)31-24)9-10-22(29)11-21(15(3)25-18(6)32-25)12-23(30)27(20(8)28)16(4)26-19(7)33-26/h9-10,12-19,24-26H,11H2,1-8H3/b10-9+,21-12?. The van der Waals surface area contributed by atoms with Gasteiger partial charge < -0.3 is 14.2 Å². The van der Waals surface area contributed by atoms with Gasteiger partial charge in [-0.05, 0) is 45.6 Å². The second-order valence-corrected chi connectivity index (χ2v) is 10.1. The Kier molecular flexibility index (Phi) is 7.97. The van der Waals surface area contributed by atoms with Gasteiger partial charge in [0.2, 0.25) is 5.91 Å². The average molecular weight is 462 g/mol. The van der Waals surface area contributed by atoms with Crippen LogP contribution in [0.5, 0.6) is 0 Å². The molecule has 0 spiro atoms. The van der Waals surface area contributed by atoms with E-state index in [4.69, 9.17) is 14.2 Å². The zero-order valence-electron chi connectivity index (χ0n) is 21.1. The molecule has 7 nitrogen and oxygen atoms in total. The van der Waals surface area contributed by atoms with Crippen LogP contribution in [0.4, 0.5) is 0 Å². The highest BCUT2D eigenvalue weighted by Gasteiger charge is 2.45. The molecule has 0 bridgehead atoms. The van der Waals surface area contributed by atoms with Gasteiger partial charge in [-0.25, -0.2) is 0 Å². The van der Waals surface area contributed by atoms with Crippen LogP contribution >= 0.6 is 0 Å². The fourth-order valence-corrected chi connectivity index (χ4v) is 4.76. The molecule has 0 aromatic carbocycles. The van der Waals surface area contributed by atoms with Crippen molar-refractivity contribution in [3.63, 3.8) is 0 Å². The van der Waals surface area contributed by atoms with Crippen molar-refractivity contribution >= 4 is 17.6 Å². The summed E-state index contributed by atoms with van der Waals surface area (Å²) in [5.41, 5.74) is 0.687. The second kappa shape index (κ2) is 10.2. The number of allylic oxidation sites excluding steroid dienone is 2. The molecule has 7 heteroatoms. The maximum absolute atomic E-state index is 13.1. The first-order chi connectivity index (χ1) is 15.4. The SMILES string of the molecule is CC(=O)N(C(=O)C=C(CC(=O)/C=C/C(C)C(C)C1OC1C)C(C)C1OC1C)C(C)C1OC1C. The molecule has 0 N–H and O–H groups in total. The molecule has 3 rings (SSSR count). The average Bonchev–Trinajstić information content (AvgIpc) is 3.66. The Balaban J connectivity index is 1.71. The Labute approximate surface area is 197 Å². The Morgan fingerprint density at radius 1 is 0.879 bits per heavy atom. The molecule has 184 valence electrons. The number of imide groups is 1. The molecule has 0 saturated carbocycles. The molecule has 10 atom stereocenters. The topological polar surface area (TPSA) is 92.0 Å². The number of hydrogen-bond acceptors (Lipinski definition) is 6. The minimum atomic E-state index is -0.411. The van der Waals surface area contributed by atoms with Gasteiger partial charge in [-0.3, -0.25) is 19.3 Å². The van der Waals surface area contributed by atoms with Gasteiger partial charge in [-0.15, -0.1) is 0 Å². The number of carbonyl (C=O) groups excluding carboxylic acids is 3. The molecular formula is C26H39NO6. The lowest BCUT2D eigenvalue weighted by atomic mass is 9.89. The van der Waals surface area contributed by atoms with Crippen LogP contribution in [0.25, 0.3) is 0 Å². The minimum absolute atomic E-state index is 0.0248. The highest BCUT2D eigenvalue weighted by atomic mass is 16.6. The number of hydrogen-bond donors (Lipinski definition) is 0. The molecule has 3 fully saturated rings. The molecule has 0 radical (unpaired) electrons. The van der Waals surface area contributed by atoms with Gasteiger partial charge in [-0.2, -0.15) is 0 Å². The molecule has 0 aromatic rings. The predicted octanol–water partition coefficient (Wildman–Crippen LogP) is 3.46. The number of nitrogens with zero attached hydrogens (tertiary/aromatic N) is 1. The van der Waals surface area contributed by atoms with E-state index in [0.717, 1.165) is 0 Å². The minimum Gasteiger partial charge on any atom is -0.370 e. The van der Waals surface area contributed by atoms with Crippen molar-refractivity contribution in [2.75, 3.05) is 0 Å². The molecule has 33 heavy (non-hydrogen) atoms. The predicted molar refractivity (Wildman–Crippen MR) is 124 cm³/mol. The number of carbonyl (C=O) groups is 3. The molecule has 0 aromatic heterocycles. The Morgan fingerprint density at radius 3 is 1.85 bits per heavy atom. The fraction of sp³-hybridized carbons (Fsp3) is 0.731. The van der Waals surface area contributed by atoms with Crippen LogP contribution in [0, 0.1) is 17.8 Å². The summed E-state index contributed by atoms with van der Waals surface area (Å²) in [5, 5.41) is 0. The van der Waals surface area contributed by atoms with Crippen LogP contribution in [0.3, 0.4) is 0 Å². The van der Waals surface area contributed by atoms with Gasteiger partial charge in [-0.1, -0.05) is 32.4 Å². The molecule has 10 unspecified atom stereocenters. The van der Waals surface area contributed by atoms with Crippen LogP contribution in [-0.2, 0) is 28.6 Å². The molecule has 2 amide bonds. The van der Waals surface area contributed by atoms with Gasteiger partial charge in [0.15, 0.2) is 5.78 Å². The molecule has 3 aliphatic rings. The van der Waals surface area contributed by atoms with Gasteiger partial charge in [0.25, 0.3) is 5.91 Å². The van der Waals surface area contributed by atoms with E-state index in [0.29, 0.717) is 11.5 Å². The monoisotopic (exact) mass is 461 g/mol. The van der Waals surface area contributed by atoms with Gasteiger partial charge in [0.05, 0.1) is 36.6 Å². The van der Waals surface area contributed by atoms with Crippen LogP contribution in [0.2, 0.25) is 0 Å². The largest absolute Gasteiger partial charge is 0.370 e. The first-order valence-electron chi connectivity index (χ1n) is 12.1. The van der Waals surface area contributed by atoms with Crippen molar-refractivity contribution in [3.8, 4) is 0 Å². The summed E-state index contributed by atoms with van der Waals surface area (Å²) >= 11 is 0. The molecule has 3 heterocycles. The summed E-state index contributed by atoms with van der Waals surface area (Å²) < 4.78 is 16.7. The van der Waals surface area contributed by atoms with Gasteiger partial charge >= 0.3 is 0 Å². The quantitative estimate of drug-likeness (QED) is 0.346. The molecule has 3 aliphatic heterocycles. The van der Waals surface area contributed by atoms with Crippen molar-refractivity contribution in [1.82, 2.24) is 4.90 Å². The zero-order chi connectivity index (χ0) is 24.6. The molecule has 3 saturated heterocycles. The number of ketones is 1. The number of ether oxygens (including phenoxy) is 3. The Hall–Kier alpha value is -1.83. The smallest absolute Gasteiger partial charge is 0.253 e. The first kappa shape index (κ1) is 25.8. The zero-order valence-corrected chi connectivity index (χ0v) is 21.1. The van der Waals surface area contributed by atoms with E-state index < -0.39 is 5.91 Å². The summed E-state index contributed by atoms with van der Waals surface area (Å²) in [4.78, 5) is 39.5. The summed E-state index contributed by atoms with van der Waals surface area (Å²) in [7, 11) is 0. The lowest BCUT2D eigenvalue weighted by Crippen LogP contribution is -2.44. The van der Waals surface area contributed by atoms with E-state index in [9.17, 15) is 14.4 Å². The summed E-state index contributed by atoms with van der Waals surface area (Å²) in [6.07, 6.45) is 5.59. The third-order valence-corrected chi connectivity index (χ3v) is 7.43. The van der Waals surface area contributed by atoms with Crippen molar-refractivity contribution in [2.24, 2.45) is 17.8 Å². The van der Waals surface area contributed by atoms with Gasteiger partial charge in [0, 0.05) is 25.3 Å². The highest BCUT2D eigenvalue weighted by Crippen LogP contribution is 2.36. The lowest BCUT2D eigenvalue weighted by Gasteiger charge is -2.25. The van der Waals surface area contributed by atoms with E-state index in [1.165, 1.54) is 17.9 Å². The Morgan fingerprint density at radius 2 is 1.39 bits per heavy atom. The van der Waals surface area contributed by atoms with Crippen molar-refractivity contribution in [3.05, 3.63) is 23.8 Å². The number of rotatable bonds is 11. The van der Waals surface area contributed by atoms with Crippen LogP contribution in [-0.4, -0.2) is 65.2 Å². The van der Waals surface area contributed by atoms with E-state index in [-0.39, 0.29) is 72.6 Å². The molecular weight excluding hydrogens is 422 g/mol. The van der Waals surface area contributed by atoms with E-state index in [2.05, 4.69) is 20.8 Å².